The Morgan fingerprint density at radius 1 is 1.25 bits per heavy atom. The summed E-state index contributed by atoms with van der Waals surface area (Å²) in [4.78, 5) is 4.62. The topological polar surface area (TPSA) is 50.1 Å². The number of anilines is 1. The largest absolute Gasteiger partial charge is 0.392 e. The van der Waals surface area contributed by atoms with E-state index < -0.39 is 0 Å². The van der Waals surface area contributed by atoms with Crippen LogP contribution in [-0.2, 0) is 6.61 Å². The molecule has 7 heteroatoms. The molecule has 1 aliphatic heterocycles. The lowest BCUT2D eigenvalue weighted by Crippen LogP contribution is -2.12. The van der Waals surface area contributed by atoms with Crippen LogP contribution in [0.1, 0.15) is 22.7 Å². The SMILES string of the molecule is Cc1cc(Cl)cc(Cl)c1C1CNc2nc3c(CO)ccc(Cl)c3n21. The number of aryl methyl sites for hydroxylation is 1. The molecule has 0 saturated carbocycles. The van der Waals surface area contributed by atoms with Gasteiger partial charge in [0.15, 0.2) is 0 Å². The van der Waals surface area contributed by atoms with E-state index in [1.807, 2.05) is 13.0 Å². The Bertz CT molecular complexity index is 944. The number of imidazole rings is 1. The minimum absolute atomic E-state index is 0.0405. The van der Waals surface area contributed by atoms with E-state index in [-0.39, 0.29) is 12.6 Å². The number of halogens is 3. The van der Waals surface area contributed by atoms with E-state index in [9.17, 15) is 5.11 Å². The molecule has 1 aliphatic rings. The van der Waals surface area contributed by atoms with Gasteiger partial charge in [0.05, 0.1) is 28.7 Å². The van der Waals surface area contributed by atoms with E-state index in [1.165, 1.54) is 0 Å². The molecule has 4 nitrogen and oxygen atoms in total. The van der Waals surface area contributed by atoms with Gasteiger partial charge in [0.25, 0.3) is 0 Å². The van der Waals surface area contributed by atoms with E-state index in [0.717, 1.165) is 28.2 Å². The molecule has 2 N–H and O–H groups in total. The molecule has 2 heterocycles. The number of fused-ring (bicyclic) bond motifs is 3. The first-order chi connectivity index (χ1) is 11.5. The molecule has 0 spiro atoms. The van der Waals surface area contributed by atoms with Crippen LogP contribution in [0.25, 0.3) is 11.0 Å². The van der Waals surface area contributed by atoms with Gasteiger partial charge in [-0.1, -0.05) is 40.9 Å². The molecule has 3 aromatic rings. The molecule has 1 aromatic heterocycles. The number of benzene rings is 2. The van der Waals surface area contributed by atoms with Crippen LogP contribution in [0, 0.1) is 6.92 Å². The standard InChI is InChI=1S/C17H14Cl3N3O/c1-8-4-10(18)5-12(20)14(8)13-6-21-17-22-15-9(7-24)2-3-11(19)16(15)23(13)17/h2-5,13,24H,6-7H2,1H3,(H,21,22). The van der Waals surface area contributed by atoms with Gasteiger partial charge in [-0.05, 0) is 36.2 Å². The van der Waals surface area contributed by atoms with E-state index in [1.54, 1.807) is 18.2 Å². The highest BCUT2D eigenvalue weighted by Gasteiger charge is 2.31. The summed E-state index contributed by atoms with van der Waals surface area (Å²) in [6, 6.07) is 7.20. The van der Waals surface area contributed by atoms with Crippen LogP contribution in [-0.4, -0.2) is 21.2 Å². The Labute approximate surface area is 154 Å². The van der Waals surface area contributed by atoms with E-state index in [4.69, 9.17) is 34.8 Å². The predicted molar refractivity (Wildman–Crippen MR) is 98.5 cm³/mol. The zero-order valence-corrected chi connectivity index (χ0v) is 15.0. The van der Waals surface area contributed by atoms with Crippen LogP contribution < -0.4 is 5.32 Å². The molecule has 124 valence electrons. The number of aromatic nitrogens is 2. The van der Waals surface area contributed by atoms with E-state index in [0.29, 0.717) is 27.1 Å². The molecule has 0 saturated heterocycles. The quantitative estimate of drug-likeness (QED) is 0.668. The van der Waals surface area contributed by atoms with Crippen molar-refractivity contribution in [3.05, 3.63) is 56.0 Å². The molecular weight excluding hydrogens is 369 g/mol. The van der Waals surface area contributed by atoms with Crippen LogP contribution in [0.15, 0.2) is 24.3 Å². The third-order valence-electron chi connectivity index (χ3n) is 4.44. The summed E-state index contributed by atoms with van der Waals surface area (Å²) in [7, 11) is 0. The summed E-state index contributed by atoms with van der Waals surface area (Å²) >= 11 is 19.0. The van der Waals surface area contributed by atoms with Gasteiger partial charge in [0.1, 0.15) is 0 Å². The predicted octanol–water partition coefficient (Wildman–Crippen LogP) is 4.81. The first-order valence-electron chi connectivity index (χ1n) is 7.51. The van der Waals surface area contributed by atoms with Crippen LogP contribution in [0.5, 0.6) is 0 Å². The van der Waals surface area contributed by atoms with Crippen molar-refractivity contribution in [2.24, 2.45) is 0 Å². The van der Waals surface area contributed by atoms with Crippen LogP contribution >= 0.6 is 34.8 Å². The number of aliphatic hydroxyl groups excluding tert-OH is 1. The van der Waals surface area contributed by atoms with Gasteiger partial charge in [-0.2, -0.15) is 0 Å². The van der Waals surface area contributed by atoms with Crippen molar-refractivity contribution in [2.45, 2.75) is 19.6 Å². The van der Waals surface area contributed by atoms with Gasteiger partial charge in [0.2, 0.25) is 5.95 Å². The number of nitrogens with one attached hydrogen (secondary N) is 1. The lowest BCUT2D eigenvalue weighted by Gasteiger charge is -2.19. The smallest absolute Gasteiger partial charge is 0.204 e. The molecule has 0 bridgehead atoms. The fourth-order valence-corrected chi connectivity index (χ4v) is 4.38. The third kappa shape index (κ3) is 2.29. The van der Waals surface area contributed by atoms with Gasteiger partial charge >= 0.3 is 0 Å². The maximum Gasteiger partial charge on any atom is 0.204 e. The average Bonchev–Trinajstić information content (AvgIpc) is 3.07. The van der Waals surface area contributed by atoms with Crippen LogP contribution in [0.3, 0.4) is 0 Å². The molecule has 0 aliphatic carbocycles. The molecule has 24 heavy (non-hydrogen) atoms. The summed E-state index contributed by atoms with van der Waals surface area (Å²) in [6.45, 7) is 2.57. The van der Waals surface area contributed by atoms with E-state index in [2.05, 4.69) is 14.9 Å². The average molecular weight is 383 g/mol. The zero-order valence-electron chi connectivity index (χ0n) is 12.8. The van der Waals surface area contributed by atoms with Crippen LogP contribution in [0.4, 0.5) is 5.95 Å². The van der Waals surface area contributed by atoms with Gasteiger partial charge in [0, 0.05) is 22.2 Å². The molecule has 0 amide bonds. The normalized spacial score (nSPS) is 16.5. The van der Waals surface area contributed by atoms with Crippen molar-refractivity contribution in [3.63, 3.8) is 0 Å². The lowest BCUT2D eigenvalue weighted by atomic mass is 10.0. The number of hydrogen-bond acceptors (Lipinski definition) is 3. The second-order valence-corrected chi connectivity index (χ2v) is 7.13. The van der Waals surface area contributed by atoms with Gasteiger partial charge in [-0.3, -0.25) is 4.57 Å². The Hall–Kier alpha value is -1.46. The Morgan fingerprint density at radius 2 is 2.04 bits per heavy atom. The van der Waals surface area contributed by atoms with Crippen molar-refractivity contribution in [3.8, 4) is 0 Å². The summed E-state index contributed by atoms with van der Waals surface area (Å²) in [6.07, 6.45) is 0. The van der Waals surface area contributed by atoms with Crippen molar-refractivity contribution >= 4 is 51.8 Å². The highest BCUT2D eigenvalue weighted by molar-refractivity contribution is 6.36. The summed E-state index contributed by atoms with van der Waals surface area (Å²) < 4.78 is 2.05. The highest BCUT2D eigenvalue weighted by Crippen LogP contribution is 2.41. The van der Waals surface area contributed by atoms with Gasteiger partial charge < -0.3 is 10.4 Å². The molecular formula is C17H14Cl3N3O. The van der Waals surface area contributed by atoms with Gasteiger partial charge in [-0.25, -0.2) is 4.98 Å². The second kappa shape index (κ2) is 5.81. The molecule has 0 fully saturated rings. The fourth-order valence-electron chi connectivity index (χ4n) is 3.42. The van der Waals surface area contributed by atoms with E-state index >= 15 is 0 Å². The fraction of sp³-hybridized carbons (Fsp3) is 0.235. The Kier molecular flexibility index (Phi) is 3.88. The second-order valence-electron chi connectivity index (χ2n) is 5.88. The molecule has 2 aromatic carbocycles. The summed E-state index contributed by atoms with van der Waals surface area (Å²) in [5.74, 6) is 0.725. The molecule has 0 radical (unpaired) electrons. The first-order valence-corrected chi connectivity index (χ1v) is 8.64. The van der Waals surface area contributed by atoms with Crippen LogP contribution in [0.2, 0.25) is 15.1 Å². The summed E-state index contributed by atoms with van der Waals surface area (Å²) in [5, 5.41) is 14.7. The van der Waals surface area contributed by atoms with Crippen molar-refractivity contribution < 1.29 is 5.11 Å². The van der Waals surface area contributed by atoms with Crippen molar-refractivity contribution in [1.29, 1.82) is 0 Å². The summed E-state index contributed by atoms with van der Waals surface area (Å²) in [5.41, 5.74) is 4.27. The Balaban J connectivity index is 1.99. The maximum absolute atomic E-state index is 9.57. The third-order valence-corrected chi connectivity index (χ3v) is 5.28. The molecule has 4 rings (SSSR count). The monoisotopic (exact) mass is 381 g/mol. The number of aliphatic hydroxyl groups is 1. The highest BCUT2D eigenvalue weighted by atomic mass is 35.5. The number of nitrogens with zero attached hydrogens (tertiary/aromatic N) is 2. The molecule has 1 unspecified atom stereocenters. The molecule has 1 atom stereocenters. The minimum atomic E-state index is -0.0878. The zero-order chi connectivity index (χ0) is 17.0. The Morgan fingerprint density at radius 3 is 2.75 bits per heavy atom. The number of hydrogen-bond donors (Lipinski definition) is 2. The maximum atomic E-state index is 9.57. The van der Waals surface area contributed by atoms with Gasteiger partial charge in [-0.15, -0.1) is 0 Å². The van der Waals surface area contributed by atoms with Crippen molar-refractivity contribution in [1.82, 2.24) is 9.55 Å². The minimum Gasteiger partial charge on any atom is -0.392 e. The lowest BCUT2D eigenvalue weighted by molar-refractivity contribution is 0.283. The first kappa shape index (κ1) is 16.0. The van der Waals surface area contributed by atoms with Crippen molar-refractivity contribution in [2.75, 3.05) is 11.9 Å². The number of rotatable bonds is 2.